The Hall–Kier alpha value is -1.54. The van der Waals surface area contributed by atoms with Gasteiger partial charge in [-0.2, -0.15) is 0 Å². The molecule has 0 aromatic heterocycles. The summed E-state index contributed by atoms with van der Waals surface area (Å²) in [6.45, 7) is 13.3. The third kappa shape index (κ3) is 8.35. The fourth-order valence-electron chi connectivity index (χ4n) is 2.25. The first-order valence-electron chi connectivity index (χ1n) is 8.29. The van der Waals surface area contributed by atoms with Gasteiger partial charge in [-0.15, -0.1) is 0 Å². The number of nitrogens with two attached hydrogens (primary N) is 1. The van der Waals surface area contributed by atoms with Crippen LogP contribution in [0.5, 0.6) is 0 Å². The molecule has 1 fully saturated rings. The number of likely N-dealkylation sites (tertiary alicyclic amines) is 1. The van der Waals surface area contributed by atoms with Crippen LogP contribution in [0.1, 0.15) is 41.5 Å². The molecular formula is C16H32N4O4. The lowest BCUT2D eigenvalue weighted by Crippen LogP contribution is -2.62. The first-order chi connectivity index (χ1) is 10.9. The average Bonchev–Trinajstić information content (AvgIpc) is 2.30. The third-order valence-corrected chi connectivity index (χ3v) is 3.16. The molecule has 2 amide bonds. The average molecular weight is 344 g/mol. The highest BCUT2D eigenvalue weighted by molar-refractivity contribution is 5.68. The molecule has 8 heteroatoms. The lowest BCUT2D eigenvalue weighted by Gasteiger charge is -2.41. The predicted molar refractivity (Wildman–Crippen MR) is 91.8 cm³/mol. The van der Waals surface area contributed by atoms with Crippen LogP contribution >= 0.6 is 0 Å². The first-order valence-corrected chi connectivity index (χ1v) is 8.29. The van der Waals surface area contributed by atoms with Gasteiger partial charge in [0.1, 0.15) is 11.2 Å². The van der Waals surface area contributed by atoms with Crippen LogP contribution in [0, 0.1) is 0 Å². The molecule has 8 nitrogen and oxygen atoms in total. The number of alkyl carbamates (subject to hydrolysis) is 2. The molecule has 1 heterocycles. The third-order valence-electron chi connectivity index (χ3n) is 3.16. The summed E-state index contributed by atoms with van der Waals surface area (Å²) in [4.78, 5) is 25.6. The van der Waals surface area contributed by atoms with Crippen LogP contribution in [0.3, 0.4) is 0 Å². The van der Waals surface area contributed by atoms with E-state index in [1.165, 1.54) is 0 Å². The second-order valence-corrected chi connectivity index (χ2v) is 8.14. The molecule has 0 bridgehead atoms. The fraction of sp³-hybridized carbons (Fsp3) is 0.875. The van der Waals surface area contributed by atoms with Gasteiger partial charge < -0.3 is 25.8 Å². The van der Waals surface area contributed by atoms with E-state index in [4.69, 9.17) is 15.2 Å². The minimum Gasteiger partial charge on any atom is -0.444 e. The maximum absolute atomic E-state index is 11.8. The minimum absolute atomic E-state index is 0.0554. The van der Waals surface area contributed by atoms with Crippen molar-refractivity contribution in [1.29, 1.82) is 0 Å². The molecule has 1 aliphatic heterocycles. The number of carbonyl (C=O) groups is 2. The molecule has 1 aliphatic rings. The Morgan fingerprint density at radius 3 is 2.04 bits per heavy atom. The van der Waals surface area contributed by atoms with Crippen LogP contribution in [0.2, 0.25) is 0 Å². The molecule has 1 rings (SSSR count). The Bertz CT molecular complexity index is 436. The lowest BCUT2D eigenvalue weighted by atomic mass is 10.1. The van der Waals surface area contributed by atoms with Crippen molar-refractivity contribution in [1.82, 2.24) is 15.5 Å². The highest BCUT2D eigenvalue weighted by Gasteiger charge is 2.31. The smallest absolute Gasteiger partial charge is 0.407 e. The van der Waals surface area contributed by atoms with Crippen molar-refractivity contribution in [2.45, 2.75) is 64.8 Å². The van der Waals surface area contributed by atoms with E-state index in [2.05, 4.69) is 15.5 Å². The molecule has 0 spiro atoms. The normalized spacial score (nSPS) is 17.6. The number of ether oxygens (including phenoxy) is 2. The minimum atomic E-state index is -0.539. The largest absolute Gasteiger partial charge is 0.444 e. The van der Waals surface area contributed by atoms with Gasteiger partial charge in [-0.3, -0.25) is 4.90 Å². The summed E-state index contributed by atoms with van der Waals surface area (Å²) < 4.78 is 10.4. The molecular weight excluding hydrogens is 312 g/mol. The van der Waals surface area contributed by atoms with Crippen molar-refractivity contribution in [3.63, 3.8) is 0 Å². The van der Waals surface area contributed by atoms with Gasteiger partial charge in [0.2, 0.25) is 0 Å². The van der Waals surface area contributed by atoms with E-state index in [-0.39, 0.29) is 12.1 Å². The van der Waals surface area contributed by atoms with Crippen LogP contribution < -0.4 is 16.4 Å². The monoisotopic (exact) mass is 344 g/mol. The van der Waals surface area contributed by atoms with Crippen molar-refractivity contribution in [2.75, 3.05) is 26.2 Å². The molecule has 4 N–H and O–H groups in total. The summed E-state index contributed by atoms with van der Waals surface area (Å²) in [6.07, 6.45) is -0.878. The number of hydrogen-bond donors (Lipinski definition) is 3. The number of carbonyl (C=O) groups excluding carboxylic acids is 2. The quantitative estimate of drug-likeness (QED) is 0.688. The Kier molecular flexibility index (Phi) is 6.86. The van der Waals surface area contributed by atoms with Gasteiger partial charge in [0, 0.05) is 26.2 Å². The summed E-state index contributed by atoms with van der Waals surface area (Å²) in [5, 5.41) is 5.59. The van der Waals surface area contributed by atoms with E-state index < -0.39 is 23.4 Å². The standard InChI is InChI=1S/C16H32N4O4/c1-15(2,3)23-13(21)18-11(7-17)8-20-9-12(10-20)19-14(22)24-16(4,5)6/h11-12H,7-10,17H2,1-6H3,(H,18,21)(H,19,22). The zero-order chi connectivity index (χ0) is 18.5. The molecule has 0 radical (unpaired) electrons. The molecule has 24 heavy (non-hydrogen) atoms. The van der Waals surface area contributed by atoms with Crippen LogP contribution in [0.15, 0.2) is 0 Å². The predicted octanol–water partition coefficient (Wildman–Crippen LogP) is 1.05. The molecule has 1 unspecified atom stereocenters. The van der Waals surface area contributed by atoms with E-state index in [0.29, 0.717) is 26.2 Å². The molecule has 0 aromatic carbocycles. The summed E-state index contributed by atoms with van der Waals surface area (Å²) in [7, 11) is 0. The van der Waals surface area contributed by atoms with Gasteiger partial charge in [-0.1, -0.05) is 0 Å². The van der Waals surface area contributed by atoms with Gasteiger partial charge >= 0.3 is 12.2 Å². The van der Waals surface area contributed by atoms with Crippen molar-refractivity contribution in [2.24, 2.45) is 5.73 Å². The van der Waals surface area contributed by atoms with E-state index >= 15 is 0 Å². The molecule has 0 aromatic rings. The zero-order valence-corrected chi connectivity index (χ0v) is 15.6. The number of nitrogens with one attached hydrogen (secondary N) is 2. The second-order valence-electron chi connectivity index (χ2n) is 8.14. The Labute approximate surface area is 144 Å². The van der Waals surface area contributed by atoms with E-state index in [1.807, 2.05) is 41.5 Å². The maximum atomic E-state index is 11.8. The summed E-state index contributed by atoms with van der Waals surface area (Å²) in [5.74, 6) is 0. The first kappa shape index (κ1) is 20.5. The summed E-state index contributed by atoms with van der Waals surface area (Å²) in [5.41, 5.74) is 4.67. The molecule has 0 aliphatic carbocycles. The summed E-state index contributed by atoms with van der Waals surface area (Å²) in [6, 6.07) is -0.137. The van der Waals surface area contributed by atoms with Crippen LogP contribution in [-0.4, -0.2) is 66.6 Å². The molecule has 1 saturated heterocycles. The van der Waals surface area contributed by atoms with Crippen molar-refractivity contribution < 1.29 is 19.1 Å². The van der Waals surface area contributed by atoms with Gasteiger partial charge in [0.15, 0.2) is 0 Å². The Balaban J connectivity index is 2.28. The highest BCUT2D eigenvalue weighted by Crippen LogP contribution is 2.12. The Morgan fingerprint density at radius 2 is 1.58 bits per heavy atom. The SMILES string of the molecule is CC(C)(C)OC(=O)NC(CN)CN1CC(NC(=O)OC(C)(C)C)C1. The number of hydrogen-bond acceptors (Lipinski definition) is 6. The van der Waals surface area contributed by atoms with Gasteiger partial charge in [0.25, 0.3) is 0 Å². The van der Waals surface area contributed by atoms with Crippen molar-refractivity contribution in [3.8, 4) is 0 Å². The van der Waals surface area contributed by atoms with Gasteiger partial charge in [-0.25, -0.2) is 9.59 Å². The van der Waals surface area contributed by atoms with E-state index in [1.54, 1.807) is 0 Å². The van der Waals surface area contributed by atoms with Gasteiger partial charge in [-0.05, 0) is 41.5 Å². The highest BCUT2D eigenvalue weighted by atomic mass is 16.6. The summed E-state index contributed by atoms with van der Waals surface area (Å²) >= 11 is 0. The van der Waals surface area contributed by atoms with E-state index in [0.717, 1.165) is 0 Å². The van der Waals surface area contributed by atoms with E-state index in [9.17, 15) is 9.59 Å². The number of amides is 2. The second kappa shape index (κ2) is 8.02. The zero-order valence-electron chi connectivity index (χ0n) is 15.6. The number of nitrogens with zero attached hydrogens (tertiary/aromatic N) is 1. The fourth-order valence-corrected chi connectivity index (χ4v) is 2.25. The maximum Gasteiger partial charge on any atom is 0.407 e. The topological polar surface area (TPSA) is 106 Å². The van der Waals surface area contributed by atoms with Gasteiger partial charge in [0.05, 0.1) is 12.1 Å². The van der Waals surface area contributed by atoms with Crippen LogP contribution in [0.4, 0.5) is 9.59 Å². The molecule has 0 saturated carbocycles. The molecule has 1 atom stereocenters. The van der Waals surface area contributed by atoms with Crippen LogP contribution in [0.25, 0.3) is 0 Å². The van der Waals surface area contributed by atoms with Crippen LogP contribution in [-0.2, 0) is 9.47 Å². The molecule has 140 valence electrons. The van der Waals surface area contributed by atoms with Crippen molar-refractivity contribution in [3.05, 3.63) is 0 Å². The van der Waals surface area contributed by atoms with Crippen molar-refractivity contribution >= 4 is 12.2 Å². The lowest BCUT2D eigenvalue weighted by molar-refractivity contribution is 0.0374. The number of rotatable bonds is 5. The Morgan fingerprint density at radius 1 is 1.08 bits per heavy atom.